The first-order valence-corrected chi connectivity index (χ1v) is 9.21. The minimum absolute atomic E-state index is 0.551. The predicted octanol–water partition coefficient (Wildman–Crippen LogP) is 5.98. The van der Waals surface area contributed by atoms with Crippen LogP contribution >= 0.6 is 0 Å². The van der Waals surface area contributed by atoms with Crippen LogP contribution in [0.4, 0.5) is 0 Å². The van der Waals surface area contributed by atoms with E-state index in [9.17, 15) is 0 Å². The highest BCUT2D eigenvalue weighted by molar-refractivity contribution is 5.18. The molecule has 0 heterocycles. The molecule has 3 fully saturated rings. The van der Waals surface area contributed by atoms with Crippen molar-refractivity contribution in [3.63, 3.8) is 0 Å². The van der Waals surface area contributed by atoms with Gasteiger partial charge in [0, 0.05) is 0 Å². The van der Waals surface area contributed by atoms with Gasteiger partial charge in [0.1, 0.15) is 0 Å². The minimum Gasteiger partial charge on any atom is -0.0791 e. The highest BCUT2D eigenvalue weighted by Gasteiger charge is 2.56. The van der Waals surface area contributed by atoms with E-state index in [0.717, 1.165) is 29.1 Å². The smallest absolute Gasteiger partial charge is 0.00846 e. The van der Waals surface area contributed by atoms with Crippen molar-refractivity contribution >= 4 is 0 Å². The second kappa shape index (κ2) is 4.37. The van der Waals surface area contributed by atoms with Crippen LogP contribution in [-0.2, 0) is 0 Å². The average Bonchev–Trinajstić information content (AvgIpc) is 2.79. The van der Waals surface area contributed by atoms with E-state index in [0.29, 0.717) is 5.41 Å². The SMILES string of the molecule is CC1=C[C@@]2(C)C(CC1)CC[C@@H]1[C@H]2CC[C@]2(C)CCC[C@@H]12. The van der Waals surface area contributed by atoms with Crippen LogP contribution < -0.4 is 0 Å². The molecule has 6 atom stereocenters. The first-order valence-electron chi connectivity index (χ1n) is 9.21. The molecule has 0 bridgehead atoms. The average molecular weight is 272 g/mol. The molecule has 0 aromatic rings. The van der Waals surface area contributed by atoms with Crippen molar-refractivity contribution in [3.8, 4) is 0 Å². The van der Waals surface area contributed by atoms with E-state index in [4.69, 9.17) is 0 Å². The van der Waals surface area contributed by atoms with Crippen LogP contribution in [0.25, 0.3) is 0 Å². The lowest BCUT2D eigenvalue weighted by molar-refractivity contribution is -0.0686. The zero-order chi connectivity index (χ0) is 14.0. The number of allylic oxidation sites excluding steroid dienone is 2. The van der Waals surface area contributed by atoms with Crippen molar-refractivity contribution in [1.29, 1.82) is 0 Å². The van der Waals surface area contributed by atoms with E-state index in [2.05, 4.69) is 26.8 Å². The number of fused-ring (bicyclic) bond motifs is 5. The summed E-state index contributed by atoms with van der Waals surface area (Å²) in [7, 11) is 0. The Balaban J connectivity index is 1.69. The molecule has 0 saturated heterocycles. The van der Waals surface area contributed by atoms with Gasteiger partial charge in [-0.25, -0.2) is 0 Å². The standard InChI is InChI=1S/C20H32/c1-14-6-7-15-8-9-16-17-5-4-11-19(17,2)12-10-18(16)20(15,3)13-14/h13,15-18H,4-12H2,1-3H3/t15?,16-,17-,18+,19-,20-/m0/s1. The fourth-order valence-electron chi connectivity index (χ4n) is 7.15. The molecule has 0 nitrogen and oxygen atoms in total. The van der Waals surface area contributed by atoms with Gasteiger partial charge in [-0.2, -0.15) is 0 Å². The van der Waals surface area contributed by atoms with Crippen LogP contribution in [0.1, 0.15) is 78.6 Å². The minimum atomic E-state index is 0.551. The van der Waals surface area contributed by atoms with Crippen molar-refractivity contribution in [2.24, 2.45) is 34.5 Å². The maximum atomic E-state index is 2.73. The highest BCUT2D eigenvalue weighted by atomic mass is 14.6. The molecule has 0 aromatic carbocycles. The summed E-state index contributed by atoms with van der Waals surface area (Å²) in [6.45, 7) is 7.64. The van der Waals surface area contributed by atoms with Gasteiger partial charge in [0.15, 0.2) is 0 Å². The Hall–Kier alpha value is -0.260. The van der Waals surface area contributed by atoms with E-state index in [-0.39, 0.29) is 0 Å². The first-order chi connectivity index (χ1) is 9.53. The normalized spacial score (nSPS) is 54.6. The van der Waals surface area contributed by atoms with E-state index in [1.807, 2.05) is 0 Å². The molecule has 0 radical (unpaired) electrons. The molecule has 1 unspecified atom stereocenters. The van der Waals surface area contributed by atoms with Crippen LogP contribution in [0, 0.1) is 34.5 Å². The first kappa shape index (κ1) is 13.4. The van der Waals surface area contributed by atoms with Gasteiger partial charge in [-0.05, 0) is 92.8 Å². The molecule has 0 aliphatic heterocycles. The summed E-state index contributed by atoms with van der Waals surface area (Å²) in [5.74, 6) is 4.13. The molecule has 0 amide bonds. The van der Waals surface area contributed by atoms with Crippen LogP contribution in [0.5, 0.6) is 0 Å². The summed E-state index contributed by atoms with van der Waals surface area (Å²) in [5, 5.41) is 0. The fourth-order valence-corrected chi connectivity index (χ4v) is 7.15. The second-order valence-electron chi connectivity index (χ2n) is 9.13. The van der Waals surface area contributed by atoms with Crippen LogP contribution in [0.3, 0.4) is 0 Å². The molecule has 0 aromatic heterocycles. The topological polar surface area (TPSA) is 0 Å². The highest BCUT2D eigenvalue weighted by Crippen LogP contribution is 2.65. The zero-order valence-corrected chi connectivity index (χ0v) is 13.8. The van der Waals surface area contributed by atoms with E-state index >= 15 is 0 Å². The quantitative estimate of drug-likeness (QED) is 0.476. The Bertz CT molecular complexity index is 433. The third kappa shape index (κ3) is 1.72. The van der Waals surface area contributed by atoms with Gasteiger partial charge in [-0.3, -0.25) is 0 Å². The van der Waals surface area contributed by atoms with Crippen molar-refractivity contribution in [2.75, 3.05) is 0 Å². The predicted molar refractivity (Wildman–Crippen MR) is 85.5 cm³/mol. The molecule has 0 spiro atoms. The summed E-state index contributed by atoms with van der Waals surface area (Å²) in [5.41, 5.74) is 2.96. The maximum Gasteiger partial charge on any atom is -0.00846 e. The molecule has 4 aliphatic rings. The van der Waals surface area contributed by atoms with Crippen LogP contribution in [0.15, 0.2) is 11.6 Å². The van der Waals surface area contributed by atoms with Gasteiger partial charge in [-0.15, -0.1) is 0 Å². The van der Waals surface area contributed by atoms with Gasteiger partial charge in [0.2, 0.25) is 0 Å². The molecule has 3 saturated carbocycles. The number of hydrogen-bond donors (Lipinski definition) is 0. The summed E-state index contributed by atoms with van der Waals surface area (Å²) in [6, 6.07) is 0. The Morgan fingerprint density at radius 3 is 2.65 bits per heavy atom. The van der Waals surface area contributed by atoms with Gasteiger partial charge in [-0.1, -0.05) is 31.9 Å². The lowest BCUT2D eigenvalue weighted by atomic mass is 9.46. The fraction of sp³-hybridized carbons (Fsp3) is 0.900. The number of rotatable bonds is 0. The molecular weight excluding hydrogens is 240 g/mol. The van der Waals surface area contributed by atoms with E-state index in [1.54, 1.807) is 18.4 Å². The molecule has 112 valence electrons. The van der Waals surface area contributed by atoms with E-state index in [1.165, 1.54) is 44.9 Å². The molecule has 0 N–H and O–H groups in total. The molecule has 4 aliphatic carbocycles. The van der Waals surface area contributed by atoms with Gasteiger partial charge in [0.25, 0.3) is 0 Å². The van der Waals surface area contributed by atoms with E-state index < -0.39 is 0 Å². The van der Waals surface area contributed by atoms with Crippen molar-refractivity contribution < 1.29 is 0 Å². The summed E-state index contributed by atoms with van der Waals surface area (Å²) in [6.07, 6.45) is 16.3. The molecular formula is C20H32. The molecule has 0 heteroatoms. The van der Waals surface area contributed by atoms with Crippen molar-refractivity contribution in [2.45, 2.75) is 78.6 Å². The summed E-state index contributed by atoms with van der Waals surface area (Å²) < 4.78 is 0. The lowest BCUT2D eigenvalue weighted by Crippen LogP contribution is -2.51. The second-order valence-corrected chi connectivity index (χ2v) is 9.13. The summed E-state index contributed by atoms with van der Waals surface area (Å²) >= 11 is 0. The van der Waals surface area contributed by atoms with Gasteiger partial charge in [0.05, 0.1) is 0 Å². The monoisotopic (exact) mass is 272 g/mol. The van der Waals surface area contributed by atoms with Crippen LogP contribution in [0.2, 0.25) is 0 Å². The van der Waals surface area contributed by atoms with Crippen LogP contribution in [-0.4, -0.2) is 0 Å². The largest absolute Gasteiger partial charge is 0.0791 e. The maximum absolute atomic E-state index is 2.73. The molecule has 4 rings (SSSR count). The lowest BCUT2D eigenvalue weighted by Gasteiger charge is -2.58. The third-order valence-electron chi connectivity index (χ3n) is 8.19. The van der Waals surface area contributed by atoms with Gasteiger partial charge >= 0.3 is 0 Å². The third-order valence-corrected chi connectivity index (χ3v) is 8.19. The Morgan fingerprint density at radius 2 is 1.80 bits per heavy atom. The Kier molecular flexibility index (Phi) is 2.93. The van der Waals surface area contributed by atoms with Gasteiger partial charge < -0.3 is 0 Å². The summed E-state index contributed by atoms with van der Waals surface area (Å²) in [4.78, 5) is 0. The van der Waals surface area contributed by atoms with Crippen molar-refractivity contribution in [1.82, 2.24) is 0 Å². The molecule has 20 heavy (non-hydrogen) atoms. The van der Waals surface area contributed by atoms with Crippen molar-refractivity contribution in [3.05, 3.63) is 11.6 Å². The zero-order valence-electron chi connectivity index (χ0n) is 13.8. The number of hydrogen-bond acceptors (Lipinski definition) is 0. The Labute approximate surface area is 125 Å². The Morgan fingerprint density at radius 1 is 0.950 bits per heavy atom.